The zero-order valence-electron chi connectivity index (χ0n) is 13.9. The Hall–Kier alpha value is -3.41. The second kappa shape index (κ2) is 5.90. The molecule has 0 bridgehead atoms. The number of nitrogens with one attached hydrogen (secondary N) is 1. The van der Waals surface area contributed by atoms with Gasteiger partial charge in [0.15, 0.2) is 0 Å². The van der Waals surface area contributed by atoms with Crippen LogP contribution in [0.4, 0.5) is 5.69 Å². The third kappa shape index (κ3) is 2.89. The van der Waals surface area contributed by atoms with Gasteiger partial charge >= 0.3 is 0 Å². The maximum absolute atomic E-state index is 12.5. The van der Waals surface area contributed by atoms with E-state index in [4.69, 9.17) is 4.42 Å². The predicted molar refractivity (Wildman–Crippen MR) is 95.3 cm³/mol. The van der Waals surface area contributed by atoms with Crippen LogP contribution in [0.25, 0.3) is 22.5 Å². The Kier molecular flexibility index (Phi) is 3.57. The lowest BCUT2D eigenvalue weighted by Crippen LogP contribution is -2.11. The number of carbonyl (C=O) groups excluding carboxylic acids is 1. The van der Waals surface area contributed by atoms with Crippen LogP contribution in [0.2, 0.25) is 0 Å². The van der Waals surface area contributed by atoms with Crippen LogP contribution < -0.4 is 5.32 Å². The topological polar surface area (TPSA) is 73.0 Å². The molecule has 6 heteroatoms. The number of hydrogen-bond acceptors (Lipinski definition) is 4. The number of oxazole rings is 1. The highest BCUT2D eigenvalue weighted by Gasteiger charge is 2.10. The number of nitrogens with zero attached hydrogens (tertiary/aromatic N) is 3. The minimum absolute atomic E-state index is 0.187. The van der Waals surface area contributed by atoms with E-state index in [0.29, 0.717) is 17.1 Å². The van der Waals surface area contributed by atoms with Crippen molar-refractivity contribution in [2.75, 3.05) is 5.32 Å². The van der Waals surface area contributed by atoms with Crippen LogP contribution in [0.1, 0.15) is 16.1 Å². The number of aromatic nitrogens is 3. The summed E-state index contributed by atoms with van der Waals surface area (Å²) in [4.78, 5) is 21.0. The fraction of sp³-hybridized carbons (Fsp3) is 0.105. The maximum Gasteiger partial charge on any atom is 0.255 e. The Bertz CT molecular complexity index is 1080. The van der Waals surface area contributed by atoms with Gasteiger partial charge in [-0.3, -0.25) is 4.79 Å². The second-order valence-electron chi connectivity index (χ2n) is 5.87. The molecule has 0 unspecified atom stereocenters. The van der Waals surface area contributed by atoms with Gasteiger partial charge in [-0.05, 0) is 43.3 Å². The van der Waals surface area contributed by atoms with E-state index >= 15 is 0 Å². The van der Waals surface area contributed by atoms with Crippen molar-refractivity contribution in [1.82, 2.24) is 14.5 Å². The summed E-state index contributed by atoms with van der Waals surface area (Å²) in [6.45, 7) is 1.84. The molecule has 0 aliphatic heterocycles. The summed E-state index contributed by atoms with van der Waals surface area (Å²) in [6, 6.07) is 12.9. The highest BCUT2D eigenvalue weighted by atomic mass is 16.4. The number of fused-ring (bicyclic) bond motifs is 1. The lowest BCUT2D eigenvalue weighted by molar-refractivity contribution is 0.102. The van der Waals surface area contributed by atoms with Crippen LogP contribution in [0.3, 0.4) is 0 Å². The van der Waals surface area contributed by atoms with Crippen LogP contribution in [0, 0.1) is 6.92 Å². The molecule has 2 aromatic heterocycles. The standard InChI is InChI=1S/C19H16N4O2/c1-12-10-20-19(25-12)14-4-3-5-15(8-14)22-18(24)13-6-7-17-16(9-13)21-11-23(17)2/h3-11H,1-2H3,(H,22,24). The van der Waals surface area contributed by atoms with Crippen molar-refractivity contribution in [2.45, 2.75) is 6.92 Å². The van der Waals surface area contributed by atoms with E-state index in [9.17, 15) is 4.79 Å². The van der Waals surface area contributed by atoms with E-state index in [0.717, 1.165) is 22.4 Å². The molecule has 0 radical (unpaired) electrons. The first-order valence-corrected chi connectivity index (χ1v) is 7.85. The summed E-state index contributed by atoms with van der Waals surface area (Å²) in [6.07, 6.45) is 3.40. The van der Waals surface area contributed by atoms with E-state index in [1.807, 2.05) is 48.9 Å². The Morgan fingerprint density at radius 2 is 2.04 bits per heavy atom. The van der Waals surface area contributed by atoms with Gasteiger partial charge in [0.25, 0.3) is 5.91 Å². The van der Waals surface area contributed by atoms with E-state index < -0.39 is 0 Å². The summed E-state index contributed by atoms with van der Waals surface area (Å²) in [5.74, 6) is 1.09. The van der Waals surface area contributed by atoms with E-state index in [2.05, 4.69) is 15.3 Å². The molecule has 0 saturated carbocycles. The average Bonchev–Trinajstić information content (AvgIpc) is 3.21. The Labute approximate surface area is 144 Å². The molecule has 0 saturated heterocycles. The quantitative estimate of drug-likeness (QED) is 0.619. The molecule has 4 rings (SSSR count). The molecule has 0 atom stereocenters. The monoisotopic (exact) mass is 332 g/mol. The maximum atomic E-state index is 12.5. The molecule has 4 aromatic rings. The second-order valence-corrected chi connectivity index (χ2v) is 5.87. The number of imidazole rings is 1. The van der Waals surface area contributed by atoms with Crippen molar-refractivity contribution in [3.05, 3.63) is 66.3 Å². The van der Waals surface area contributed by atoms with Crippen molar-refractivity contribution >= 4 is 22.6 Å². The summed E-state index contributed by atoms with van der Waals surface area (Å²) in [7, 11) is 1.92. The molecule has 0 fully saturated rings. The molecule has 6 nitrogen and oxygen atoms in total. The Morgan fingerprint density at radius 1 is 1.16 bits per heavy atom. The molecular weight excluding hydrogens is 316 g/mol. The first-order chi connectivity index (χ1) is 12.1. The van der Waals surface area contributed by atoms with Crippen LogP contribution in [-0.2, 0) is 7.05 Å². The van der Waals surface area contributed by atoms with Crippen LogP contribution in [0.5, 0.6) is 0 Å². The number of hydrogen-bond donors (Lipinski definition) is 1. The molecule has 1 N–H and O–H groups in total. The van der Waals surface area contributed by atoms with E-state index in [1.165, 1.54) is 0 Å². The summed E-state index contributed by atoms with van der Waals surface area (Å²) >= 11 is 0. The molecule has 0 spiro atoms. The van der Waals surface area contributed by atoms with Crippen molar-refractivity contribution in [3.63, 3.8) is 0 Å². The number of anilines is 1. The number of benzene rings is 2. The third-order valence-corrected chi connectivity index (χ3v) is 3.98. The smallest absolute Gasteiger partial charge is 0.255 e. The lowest BCUT2D eigenvalue weighted by atomic mass is 10.1. The number of aryl methyl sites for hydroxylation is 2. The highest BCUT2D eigenvalue weighted by molar-refractivity contribution is 6.06. The fourth-order valence-electron chi connectivity index (χ4n) is 2.70. The summed E-state index contributed by atoms with van der Waals surface area (Å²) in [5, 5.41) is 2.90. The summed E-state index contributed by atoms with van der Waals surface area (Å²) < 4.78 is 7.45. The normalized spacial score (nSPS) is 11.0. The molecular formula is C19H16N4O2. The number of rotatable bonds is 3. The predicted octanol–water partition coefficient (Wildman–Crippen LogP) is 3.79. The van der Waals surface area contributed by atoms with Gasteiger partial charge in [0, 0.05) is 23.9 Å². The Morgan fingerprint density at radius 3 is 2.84 bits per heavy atom. The van der Waals surface area contributed by atoms with Gasteiger partial charge in [-0.1, -0.05) is 6.07 Å². The first kappa shape index (κ1) is 15.1. The van der Waals surface area contributed by atoms with Crippen LogP contribution in [-0.4, -0.2) is 20.4 Å². The fourth-order valence-corrected chi connectivity index (χ4v) is 2.70. The van der Waals surface area contributed by atoms with E-state index in [1.54, 1.807) is 24.7 Å². The number of amides is 1. The lowest BCUT2D eigenvalue weighted by Gasteiger charge is -2.07. The molecule has 0 aliphatic carbocycles. The molecule has 2 aromatic carbocycles. The minimum Gasteiger partial charge on any atom is -0.441 e. The molecule has 1 amide bonds. The van der Waals surface area contributed by atoms with Gasteiger partial charge in [0.2, 0.25) is 5.89 Å². The van der Waals surface area contributed by atoms with Gasteiger partial charge in [-0.15, -0.1) is 0 Å². The average molecular weight is 332 g/mol. The van der Waals surface area contributed by atoms with E-state index in [-0.39, 0.29) is 5.91 Å². The van der Waals surface area contributed by atoms with Gasteiger partial charge in [-0.2, -0.15) is 0 Å². The van der Waals surface area contributed by atoms with Gasteiger partial charge < -0.3 is 14.3 Å². The zero-order chi connectivity index (χ0) is 17.4. The summed E-state index contributed by atoms with van der Waals surface area (Å²) in [5.41, 5.74) is 3.83. The van der Waals surface area contributed by atoms with Crippen molar-refractivity contribution < 1.29 is 9.21 Å². The molecule has 25 heavy (non-hydrogen) atoms. The molecule has 2 heterocycles. The minimum atomic E-state index is -0.187. The van der Waals surface area contributed by atoms with Crippen molar-refractivity contribution in [2.24, 2.45) is 7.05 Å². The van der Waals surface area contributed by atoms with Gasteiger partial charge in [-0.25, -0.2) is 9.97 Å². The van der Waals surface area contributed by atoms with Gasteiger partial charge in [0.05, 0.1) is 23.6 Å². The Balaban J connectivity index is 1.59. The third-order valence-electron chi connectivity index (χ3n) is 3.98. The number of carbonyl (C=O) groups is 1. The molecule has 0 aliphatic rings. The largest absolute Gasteiger partial charge is 0.441 e. The van der Waals surface area contributed by atoms with Crippen molar-refractivity contribution in [1.29, 1.82) is 0 Å². The van der Waals surface area contributed by atoms with Crippen LogP contribution >= 0.6 is 0 Å². The van der Waals surface area contributed by atoms with Crippen molar-refractivity contribution in [3.8, 4) is 11.5 Å². The molecule has 124 valence electrons. The van der Waals surface area contributed by atoms with Crippen LogP contribution in [0.15, 0.2) is 59.4 Å². The first-order valence-electron chi connectivity index (χ1n) is 7.85. The van der Waals surface area contributed by atoms with Gasteiger partial charge in [0.1, 0.15) is 5.76 Å². The highest BCUT2D eigenvalue weighted by Crippen LogP contribution is 2.23. The SMILES string of the molecule is Cc1cnc(-c2cccc(NC(=O)c3ccc4c(c3)ncn4C)c2)o1. The zero-order valence-corrected chi connectivity index (χ0v) is 13.9.